The van der Waals surface area contributed by atoms with Crippen LogP contribution in [-0.2, 0) is 52.4 Å². The summed E-state index contributed by atoms with van der Waals surface area (Å²) in [5.74, 6) is -9.72. The highest BCUT2D eigenvalue weighted by Gasteiger charge is 2.78. The first-order chi connectivity index (χ1) is 34.2. The number of rotatable bonds is 13. The van der Waals surface area contributed by atoms with E-state index in [9.17, 15) is 39.0 Å². The summed E-state index contributed by atoms with van der Waals surface area (Å²) in [7, 11) is 0. The zero-order valence-electron chi connectivity index (χ0n) is 42.6. The normalized spacial score (nSPS) is 29.3. The number of hydrogen-bond donors (Lipinski definition) is 4. The molecule has 1 unspecified atom stereocenters. The molecule has 1 heterocycles. The van der Waals surface area contributed by atoms with Crippen LogP contribution in [0.2, 0.25) is 0 Å². The van der Waals surface area contributed by atoms with Crippen LogP contribution in [0.1, 0.15) is 114 Å². The minimum atomic E-state index is -2.54. The van der Waals surface area contributed by atoms with E-state index in [1.165, 1.54) is 58.9 Å². The number of amides is 2. The minimum absolute atomic E-state index is 0.0208. The summed E-state index contributed by atoms with van der Waals surface area (Å²) in [6, 6.07) is 21.0. The van der Waals surface area contributed by atoms with Crippen molar-refractivity contribution in [3.8, 4) is 0 Å². The highest BCUT2D eigenvalue weighted by atomic mass is 16.6. The number of carbonyl (C=O) groups excluding carboxylic acids is 8. The first-order valence-electron chi connectivity index (χ1n) is 24.2. The Bertz CT molecular complexity index is 2680. The second-order valence-electron chi connectivity index (χ2n) is 21.2. The fourth-order valence-corrected chi connectivity index (χ4v) is 11.3. The molecule has 0 aromatic heterocycles. The number of ketones is 2. The molecule has 3 aliphatic carbocycles. The Morgan fingerprint density at radius 3 is 1.92 bits per heavy atom. The lowest BCUT2D eigenvalue weighted by Crippen LogP contribution is -2.81. The molecule has 73 heavy (non-hydrogen) atoms. The van der Waals surface area contributed by atoms with Crippen molar-refractivity contribution < 1.29 is 77.0 Å². The molecule has 3 aromatic rings. The van der Waals surface area contributed by atoms with Crippen LogP contribution in [0.4, 0.5) is 4.79 Å². The molecule has 12 atom stereocenters. The van der Waals surface area contributed by atoms with Gasteiger partial charge in [-0.3, -0.25) is 24.0 Å². The quantitative estimate of drug-likeness (QED) is 0.0940. The number of fused-ring (bicyclic) bond motifs is 5. The lowest BCUT2D eigenvalue weighted by Gasteiger charge is -2.67. The van der Waals surface area contributed by atoms with Gasteiger partial charge in [-0.15, -0.1) is 0 Å². The molecule has 390 valence electrons. The van der Waals surface area contributed by atoms with E-state index < -0.39 is 136 Å². The number of aliphatic hydroxyl groups is 2. The number of ether oxygens (including phenoxy) is 6. The predicted molar refractivity (Wildman–Crippen MR) is 259 cm³/mol. The van der Waals surface area contributed by atoms with Gasteiger partial charge < -0.3 is 49.3 Å². The molecule has 7 rings (SSSR count). The van der Waals surface area contributed by atoms with Crippen molar-refractivity contribution in [3.05, 3.63) is 119 Å². The Hall–Kier alpha value is -6.76. The maximum atomic E-state index is 16.2. The predicted octanol–water partition coefficient (Wildman–Crippen LogP) is 5.47. The van der Waals surface area contributed by atoms with E-state index in [1.54, 1.807) is 87.5 Å². The molecule has 0 radical (unpaired) electrons. The zero-order chi connectivity index (χ0) is 53.6. The number of nitrogens with one attached hydrogen (secondary N) is 2. The van der Waals surface area contributed by atoms with Crippen LogP contribution in [0.3, 0.4) is 0 Å². The molecule has 18 heteroatoms. The van der Waals surface area contributed by atoms with Crippen molar-refractivity contribution in [1.82, 2.24) is 10.6 Å². The Labute approximate surface area is 423 Å². The Balaban J connectivity index is 1.48. The van der Waals surface area contributed by atoms with Gasteiger partial charge in [-0.25, -0.2) is 14.4 Å². The lowest BCUT2D eigenvalue weighted by molar-refractivity contribution is -0.345. The topological polar surface area (TPSA) is 256 Å². The van der Waals surface area contributed by atoms with Crippen LogP contribution in [0, 0.1) is 22.7 Å². The fraction of sp³-hybridized carbons (Fsp3) is 0.491. The van der Waals surface area contributed by atoms with Gasteiger partial charge >= 0.3 is 30.0 Å². The third-order valence-electron chi connectivity index (χ3n) is 15.0. The first kappa shape index (κ1) is 54.0. The summed E-state index contributed by atoms with van der Waals surface area (Å²) in [6.07, 6.45) is -10.5. The summed E-state index contributed by atoms with van der Waals surface area (Å²) in [4.78, 5) is 115. The van der Waals surface area contributed by atoms with E-state index in [1.807, 2.05) is 0 Å². The molecular weight excluding hydrogens is 945 g/mol. The van der Waals surface area contributed by atoms with Crippen molar-refractivity contribution in [2.45, 2.75) is 141 Å². The molecular formula is C55H64N2O16. The number of benzene rings is 3. The SMILES string of the molecule is CC(=O)O[C@H]1C(=O)[C@@]2(C)[C@H]([C@H](OC(=O)c3ccccc3)[C@]3(O)C[C@H](C(=O)[C@H](OC(=O)C(C)NC(=O)OC(C)(C)C)[C@@H](NC(=O)c4ccccc4)c4ccccc4)C(C)=C1C3(C)C)[C@]1(OC(C)=O)CO[C@@H]1C[C@@H]2O. The van der Waals surface area contributed by atoms with Crippen molar-refractivity contribution in [2.75, 3.05) is 6.61 Å². The van der Waals surface area contributed by atoms with Crippen LogP contribution in [0.25, 0.3) is 0 Å². The van der Waals surface area contributed by atoms with Gasteiger partial charge in [0.05, 0.1) is 35.6 Å². The zero-order valence-corrected chi connectivity index (χ0v) is 42.6. The van der Waals surface area contributed by atoms with Crippen LogP contribution in [0.15, 0.2) is 102 Å². The third kappa shape index (κ3) is 10.0. The molecule has 1 aliphatic heterocycles. The van der Waals surface area contributed by atoms with Gasteiger partial charge in [0.15, 0.2) is 29.4 Å². The molecule has 2 amide bonds. The van der Waals surface area contributed by atoms with E-state index in [-0.39, 0.29) is 40.9 Å². The van der Waals surface area contributed by atoms with E-state index in [2.05, 4.69) is 10.6 Å². The van der Waals surface area contributed by atoms with Crippen molar-refractivity contribution in [1.29, 1.82) is 0 Å². The number of aliphatic hydroxyl groups excluding tert-OH is 1. The van der Waals surface area contributed by atoms with Gasteiger partial charge in [-0.2, -0.15) is 0 Å². The number of Topliss-reactive ketones (excluding diaryl/α,β-unsaturated/α-hetero) is 2. The molecule has 18 nitrogen and oxygen atoms in total. The average molecular weight is 1010 g/mol. The van der Waals surface area contributed by atoms with Gasteiger partial charge in [0.2, 0.25) is 0 Å². The molecule has 3 fully saturated rings. The molecule has 4 aliphatic rings. The highest BCUT2D eigenvalue weighted by Crippen LogP contribution is 2.65. The van der Waals surface area contributed by atoms with E-state index in [0.29, 0.717) is 0 Å². The Kier molecular flexibility index (Phi) is 15.0. The van der Waals surface area contributed by atoms with E-state index in [4.69, 9.17) is 28.4 Å². The fourth-order valence-electron chi connectivity index (χ4n) is 11.3. The summed E-state index contributed by atoms with van der Waals surface area (Å²) >= 11 is 0. The summed E-state index contributed by atoms with van der Waals surface area (Å²) in [6.45, 7) is 13.9. The summed E-state index contributed by atoms with van der Waals surface area (Å²) in [5.41, 5.74) is -8.82. The molecule has 3 aromatic carbocycles. The minimum Gasteiger partial charge on any atom is -0.455 e. The summed E-state index contributed by atoms with van der Waals surface area (Å²) in [5, 5.41) is 31.7. The molecule has 2 saturated carbocycles. The summed E-state index contributed by atoms with van der Waals surface area (Å²) < 4.78 is 36.1. The maximum Gasteiger partial charge on any atom is 0.408 e. The number of carbonyl (C=O) groups is 8. The second kappa shape index (κ2) is 20.3. The standard InChI is InChI=1S/C55H64N2O16/c1-29-36(41(61)43(70-48(64)30(2)56-50(66)73-51(5,6)7)40(33-20-14-11-15-21-33)57-47(63)34-22-16-12-17-23-34)27-55(67)46(71-49(65)35-24-18-13-19-25-35)44-53(10,37(60)26-38-54(44,28-68-38)72-32(4)59)45(62)42(69-31(3)58)39(29)52(55,8)9/h11-25,30,36-38,40,42-44,46,60,67H,26-28H2,1-10H3,(H,56,66)(H,57,63)/t30?,36-,37-,38+,40-,42+,43+,44-,46-,53+,54-,55+/m0/s1. The molecule has 1 saturated heterocycles. The number of alkyl carbamates (subject to hydrolysis) is 1. The average Bonchev–Trinajstić information content (AvgIpc) is 3.32. The second-order valence-corrected chi connectivity index (χ2v) is 21.2. The first-order valence-corrected chi connectivity index (χ1v) is 24.2. The van der Waals surface area contributed by atoms with Crippen LogP contribution in [-0.4, -0.2) is 118 Å². The van der Waals surface area contributed by atoms with Crippen molar-refractivity contribution >= 4 is 47.4 Å². The van der Waals surface area contributed by atoms with Gasteiger partial charge in [-0.05, 0) is 83.4 Å². The molecule has 4 N–H and O–H groups in total. The molecule has 0 spiro atoms. The highest BCUT2D eigenvalue weighted by molar-refractivity contribution is 5.99. The third-order valence-corrected chi connectivity index (χ3v) is 15.0. The molecule has 2 bridgehead atoms. The van der Waals surface area contributed by atoms with E-state index in [0.717, 1.165) is 13.8 Å². The van der Waals surface area contributed by atoms with Gasteiger partial charge in [-0.1, -0.05) is 86.2 Å². The maximum absolute atomic E-state index is 16.2. The number of esters is 4. The van der Waals surface area contributed by atoms with Crippen molar-refractivity contribution in [3.63, 3.8) is 0 Å². The Morgan fingerprint density at radius 2 is 1.38 bits per heavy atom. The number of allylic oxidation sites excluding steroid dienone is 1. The Morgan fingerprint density at radius 1 is 0.808 bits per heavy atom. The van der Waals surface area contributed by atoms with Crippen LogP contribution >= 0.6 is 0 Å². The van der Waals surface area contributed by atoms with Crippen molar-refractivity contribution in [2.24, 2.45) is 22.7 Å². The monoisotopic (exact) mass is 1010 g/mol. The van der Waals surface area contributed by atoms with Gasteiger partial charge in [0.1, 0.15) is 29.5 Å². The smallest absolute Gasteiger partial charge is 0.408 e. The van der Waals surface area contributed by atoms with Crippen LogP contribution in [0.5, 0.6) is 0 Å². The van der Waals surface area contributed by atoms with Gasteiger partial charge in [0.25, 0.3) is 5.91 Å². The number of hydrogen-bond acceptors (Lipinski definition) is 16. The largest absolute Gasteiger partial charge is 0.455 e. The van der Waals surface area contributed by atoms with Crippen LogP contribution < -0.4 is 10.6 Å². The van der Waals surface area contributed by atoms with Gasteiger partial charge in [0, 0.05) is 37.2 Å². The van der Waals surface area contributed by atoms with E-state index >= 15 is 9.59 Å². The lowest BCUT2D eigenvalue weighted by atomic mass is 9.44.